The lowest BCUT2D eigenvalue weighted by molar-refractivity contribution is 0.454. The van der Waals surface area contributed by atoms with E-state index in [-0.39, 0.29) is 22.2 Å². The highest BCUT2D eigenvalue weighted by molar-refractivity contribution is 7.89. The van der Waals surface area contributed by atoms with Crippen LogP contribution in [0.5, 0.6) is 0 Å². The largest absolute Gasteiger partial charge is 0.244 e. The third-order valence-electron chi connectivity index (χ3n) is 2.81. The van der Waals surface area contributed by atoms with Gasteiger partial charge in [-0.05, 0) is 18.2 Å². The molecule has 0 saturated carbocycles. The topological polar surface area (TPSA) is 50.3 Å². The van der Waals surface area contributed by atoms with E-state index in [1.807, 2.05) is 0 Å². The molecule has 1 heterocycles. The molecule has 1 aromatic heterocycles. The Hall–Kier alpha value is -1.57. The fourth-order valence-electron chi connectivity index (χ4n) is 1.70. The van der Waals surface area contributed by atoms with E-state index in [1.54, 1.807) is 0 Å². The first-order valence-electron chi connectivity index (χ1n) is 5.82. The van der Waals surface area contributed by atoms with Gasteiger partial charge in [0.05, 0.1) is 4.90 Å². The van der Waals surface area contributed by atoms with Gasteiger partial charge in [-0.25, -0.2) is 22.2 Å². The second-order valence-electron chi connectivity index (χ2n) is 4.31. The van der Waals surface area contributed by atoms with Gasteiger partial charge in [-0.1, -0.05) is 17.7 Å². The highest BCUT2D eigenvalue weighted by atomic mass is 35.5. The molecule has 8 heteroatoms. The summed E-state index contributed by atoms with van der Waals surface area (Å²) in [4.78, 5) is 3.65. The first-order valence-corrected chi connectivity index (χ1v) is 7.64. The van der Waals surface area contributed by atoms with Crippen molar-refractivity contribution in [3.63, 3.8) is 0 Å². The van der Waals surface area contributed by atoms with Crippen LogP contribution in [-0.2, 0) is 16.6 Å². The number of halogens is 3. The molecule has 112 valence electrons. The molecule has 0 bridgehead atoms. The van der Waals surface area contributed by atoms with Gasteiger partial charge in [-0.15, -0.1) is 0 Å². The van der Waals surface area contributed by atoms with Gasteiger partial charge in [-0.3, -0.25) is 0 Å². The summed E-state index contributed by atoms with van der Waals surface area (Å²) in [7, 11) is -2.54. The van der Waals surface area contributed by atoms with Crippen molar-refractivity contribution in [2.24, 2.45) is 0 Å². The number of pyridine rings is 1. The molecule has 0 aliphatic heterocycles. The van der Waals surface area contributed by atoms with Crippen molar-refractivity contribution in [2.45, 2.75) is 11.4 Å². The number of rotatable bonds is 4. The van der Waals surface area contributed by atoms with Crippen molar-refractivity contribution in [1.29, 1.82) is 0 Å². The molecule has 0 aliphatic carbocycles. The minimum atomic E-state index is -3.84. The Bertz CT molecular complexity index is 769. The molecule has 0 aliphatic rings. The monoisotopic (exact) mass is 332 g/mol. The molecule has 0 fully saturated rings. The van der Waals surface area contributed by atoms with E-state index in [4.69, 9.17) is 11.6 Å². The van der Waals surface area contributed by atoms with Crippen LogP contribution in [0.2, 0.25) is 5.15 Å². The molecule has 0 N–H and O–H groups in total. The summed E-state index contributed by atoms with van der Waals surface area (Å²) in [6, 6.07) is 5.48. The Morgan fingerprint density at radius 2 is 1.95 bits per heavy atom. The number of sulfonamides is 1. The molecule has 1 aromatic carbocycles. The summed E-state index contributed by atoms with van der Waals surface area (Å²) in [5.74, 6) is -1.52. The molecule has 2 rings (SSSR count). The molecule has 0 amide bonds. The zero-order valence-corrected chi connectivity index (χ0v) is 12.5. The summed E-state index contributed by atoms with van der Waals surface area (Å²) >= 11 is 5.66. The van der Waals surface area contributed by atoms with E-state index in [9.17, 15) is 17.2 Å². The molecule has 2 aromatic rings. The van der Waals surface area contributed by atoms with Crippen LogP contribution in [0.4, 0.5) is 8.78 Å². The van der Waals surface area contributed by atoms with E-state index in [0.29, 0.717) is 6.07 Å². The molecule has 0 radical (unpaired) electrons. The maximum atomic E-state index is 13.6. The Morgan fingerprint density at radius 3 is 2.57 bits per heavy atom. The van der Waals surface area contributed by atoms with Crippen molar-refractivity contribution in [3.8, 4) is 0 Å². The van der Waals surface area contributed by atoms with Crippen LogP contribution in [0.1, 0.15) is 5.56 Å². The van der Waals surface area contributed by atoms with E-state index >= 15 is 0 Å². The quantitative estimate of drug-likeness (QED) is 0.809. The lowest BCUT2D eigenvalue weighted by Gasteiger charge is -2.17. The van der Waals surface area contributed by atoms with Crippen molar-refractivity contribution in [3.05, 3.63) is 58.9 Å². The summed E-state index contributed by atoms with van der Waals surface area (Å²) in [5, 5.41) is 0.0393. The number of nitrogens with zero attached hydrogens (tertiary/aromatic N) is 2. The molecule has 4 nitrogen and oxygen atoms in total. The second-order valence-corrected chi connectivity index (χ2v) is 6.74. The third kappa shape index (κ3) is 3.55. The van der Waals surface area contributed by atoms with Gasteiger partial charge >= 0.3 is 0 Å². The summed E-state index contributed by atoms with van der Waals surface area (Å²) in [5.41, 5.74) is 0.0719. The Kier molecular flexibility index (Phi) is 4.55. The van der Waals surface area contributed by atoms with Gasteiger partial charge in [-0.2, -0.15) is 4.31 Å². The lowest BCUT2D eigenvalue weighted by Crippen LogP contribution is -2.27. The predicted octanol–water partition coefficient (Wildman–Crippen LogP) is 2.83. The third-order valence-corrected chi connectivity index (χ3v) is 4.82. The molecule has 0 spiro atoms. The molecular formula is C13H11ClF2N2O2S. The van der Waals surface area contributed by atoms with Gasteiger partial charge in [0.2, 0.25) is 10.0 Å². The number of hydrogen-bond donors (Lipinski definition) is 0. The summed E-state index contributed by atoms with van der Waals surface area (Å²) in [6.45, 7) is -0.228. The Balaban J connectivity index is 2.28. The average Bonchev–Trinajstić information content (AvgIpc) is 2.41. The smallest absolute Gasteiger partial charge is 0.243 e. The van der Waals surface area contributed by atoms with Crippen molar-refractivity contribution < 1.29 is 17.2 Å². The van der Waals surface area contributed by atoms with E-state index in [0.717, 1.165) is 10.4 Å². The highest BCUT2D eigenvalue weighted by Gasteiger charge is 2.22. The first-order chi connectivity index (χ1) is 9.80. The number of hydrogen-bond acceptors (Lipinski definition) is 3. The van der Waals surface area contributed by atoms with Gasteiger partial charge in [0.25, 0.3) is 0 Å². The molecule has 0 unspecified atom stereocenters. The fourth-order valence-corrected chi connectivity index (χ4v) is 3.10. The maximum absolute atomic E-state index is 13.6. The SMILES string of the molecule is CN(Cc1ccc(F)cc1F)S(=O)(=O)c1ccnc(Cl)c1. The van der Waals surface area contributed by atoms with Crippen LogP contribution in [-0.4, -0.2) is 24.8 Å². The van der Waals surface area contributed by atoms with Gasteiger partial charge in [0.15, 0.2) is 0 Å². The Morgan fingerprint density at radius 1 is 1.24 bits per heavy atom. The van der Waals surface area contributed by atoms with Crippen LogP contribution in [0, 0.1) is 11.6 Å². The molecule has 0 atom stereocenters. The maximum Gasteiger partial charge on any atom is 0.243 e. The van der Waals surface area contributed by atoms with Gasteiger partial charge in [0, 0.05) is 31.4 Å². The van der Waals surface area contributed by atoms with Gasteiger partial charge < -0.3 is 0 Å². The second kappa shape index (κ2) is 6.05. The molecular weight excluding hydrogens is 322 g/mol. The summed E-state index contributed by atoms with van der Waals surface area (Å²) in [6.07, 6.45) is 1.27. The first kappa shape index (κ1) is 15.8. The van der Waals surface area contributed by atoms with Crippen molar-refractivity contribution in [2.75, 3.05) is 7.05 Å². The van der Waals surface area contributed by atoms with Crippen LogP contribution >= 0.6 is 11.6 Å². The van der Waals surface area contributed by atoms with Crippen LogP contribution < -0.4 is 0 Å². The number of benzene rings is 1. The molecule has 21 heavy (non-hydrogen) atoms. The zero-order valence-electron chi connectivity index (χ0n) is 10.9. The van der Waals surface area contributed by atoms with Crippen LogP contribution in [0.25, 0.3) is 0 Å². The minimum absolute atomic E-state index is 0.0393. The van der Waals surface area contributed by atoms with Gasteiger partial charge in [0.1, 0.15) is 16.8 Å². The fraction of sp³-hybridized carbons (Fsp3) is 0.154. The predicted molar refractivity (Wildman–Crippen MR) is 74.3 cm³/mol. The standard InChI is InChI=1S/C13H11ClF2N2O2S/c1-18(8-9-2-3-10(15)6-12(9)16)21(19,20)11-4-5-17-13(14)7-11/h2-7H,8H2,1H3. The van der Waals surface area contributed by atoms with Crippen LogP contribution in [0.3, 0.4) is 0 Å². The number of aromatic nitrogens is 1. The van der Waals surface area contributed by atoms with E-state index in [2.05, 4.69) is 4.98 Å². The van der Waals surface area contributed by atoms with Crippen molar-refractivity contribution >= 4 is 21.6 Å². The van der Waals surface area contributed by atoms with E-state index in [1.165, 1.54) is 31.4 Å². The average molecular weight is 333 g/mol. The minimum Gasteiger partial charge on any atom is -0.244 e. The highest BCUT2D eigenvalue weighted by Crippen LogP contribution is 2.20. The lowest BCUT2D eigenvalue weighted by atomic mass is 10.2. The van der Waals surface area contributed by atoms with Crippen molar-refractivity contribution in [1.82, 2.24) is 9.29 Å². The Labute approximate surface area is 126 Å². The molecule has 0 saturated heterocycles. The van der Waals surface area contributed by atoms with E-state index < -0.39 is 21.7 Å². The van der Waals surface area contributed by atoms with Crippen LogP contribution in [0.15, 0.2) is 41.4 Å². The normalized spacial score (nSPS) is 11.9. The summed E-state index contributed by atoms with van der Waals surface area (Å²) < 4.78 is 52.0. The zero-order chi connectivity index (χ0) is 15.6.